The van der Waals surface area contributed by atoms with Crippen molar-refractivity contribution < 1.29 is 9.53 Å². The van der Waals surface area contributed by atoms with E-state index in [1.54, 1.807) is 0 Å². The zero-order chi connectivity index (χ0) is 14.5. The predicted octanol–water partition coefficient (Wildman–Crippen LogP) is 4.54. The molecule has 3 heteroatoms. The number of halogens is 1. The van der Waals surface area contributed by atoms with Gasteiger partial charge in [0.25, 0.3) is 0 Å². The number of benzene rings is 2. The third-order valence-electron chi connectivity index (χ3n) is 2.87. The van der Waals surface area contributed by atoms with Crippen LogP contribution in [0.3, 0.4) is 0 Å². The van der Waals surface area contributed by atoms with Crippen LogP contribution in [-0.2, 0) is 11.2 Å². The van der Waals surface area contributed by atoms with E-state index in [0.29, 0.717) is 17.2 Å². The monoisotopic (exact) mass is 288 g/mol. The van der Waals surface area contributed by atoms with Gasteiger partial charge in [-0.2, -0.15) is 0 Å². The molecular weight excluding hydrogens is 272 g/mol. The molecule has 2 rings (SSSR count). The van der Waals surface area contributed by atoms with Crippen LogP contribution >= 0.6 is 11.6 Å². The molecule has 2 aromatic rings. The summed E-state index contributed by atoms with van der Waals surface area (Å²) in [6, 6.07) is 13.6. The second-order valence-corrected chi connectivity index (χ2v) is 5.29. The predicted molar refractivity (Wildman–Crippen MR) is 82.4 cm³/mol. The summed E-state index contributed by atoms with van der Waals surface area (Å²) >= 11 is 6.24. The Balaban J connectivity index is 2.31. The van der Waals surface area contributed by atoms with Crippen LogP contribution in [0.4, 0.5) is 0 Å². The fraction of sp³-hybridized carbons (Fsp3) is 0.235. The minimum Gasteiger partial charge on any atom is -0.489 e. The van der Waals surface area contributed by atoms with Crippen LogP contribution in [0.1, 0.15) is 19.4 Å². The van der Waals surface area contributed by atoms with Gasteiger partial charge < -0.3 is 9.53 Å². The third-order valence-corrected chi connectivity index (χ3v) is 3.17. The second-order valence-electron chi connectivity index (χ2n) is 4.88. The van der Waals surface area contributed by atoms with Gasteiger partial charge in [0.05, 0.1) is 11.1 Å². The van der Waals surface area contributed by atoms with E-state index >= 15 is 0 Å². The molecule has 0 N–H and O–H groups in total. The van der Waals surface area contributed by atoms with Crippen molar-refractivity contribution in [1.29, 1.82) is 0 Å². The van der Waals surface area contributed by atoms with Crippen molar-refractivity contribution in [3.8, 4) is 16.9 Å². The van der Waals surface area contributed by atoms with Gasteiger partial charge in [-0.25, -0.2) is 0 Å². The number of carbonyl (C=O) groups excluding carboxylic acids is 1. The molecule has 0 aromatic heterocycles. The highest BCUT2D eigenvalue weighted by Gasteiger charge is 2.07. The normalized spacial score (nSPS) is 10.6. The summed E-state index contributed by atoms with van der Waals surface area (Å²) in [5.74, 6) is 0.689. The third kappa shape index (κ3) is 3.61. The summed E-state index contributed by atoms with van der Waals surface area (Å²) in [6.07, 6.45) is 1.43. The lowest BCUT2D eigenvalue weighted by Gasteiger charge is -2.12. The summed E-state index contributed by atoms with van der Waals surface area (Å²) < 4.78 is 5.62. The van der Waals surface area contributed by atoms with Crippen LogP contribution < -0.4 is 4.74 Å². The minimum absolute atomic E-state index is 0.0919. The van der Waals surface area contributed by atoms with Crippen molar-refractivity contribution in [2.45, 2.75) is 26.4 Å². The SMILES string of the molecule is CC(C)Oc1ccc(-c2cccc(CC=O)c2)cc1Cl. The topological polar surface area (TPSA) is 26.3 Å². The Morgan fingerprint density at radius 3 is 2.55 bits per heavy atom. The molecule has 0 spiro atoms. The van der Waals surface area contributed by atoms with E-state index in [4.69, 9.17) is 16.3 Å². The second kappa shape index (κ2) is 6.58. The lowest BCUT2D eigenvalue weighted by atomic mass is 10.0. The van der Waals surface area contributed by atoms with E-state index < -0.39 is 0 Å². The number of ether oxygens (including phenoxy) is 1. The lowest BCUT2D eigenvalue weighted by Crippen LogP contribution is -2.05. The van der Waals surface area contributed by atoms with Crippen molar-refractivity contribution in [3.05, 3.63) is 53.1 Å². The summed E-state index contributed by atoms with van der Waals surface area (Å²) in [6.45, 7) is 3.93. The molecule has 0 unspecified atom stereocenters. The quantitative estimate of drug-likeness (QED) is 0.755. The Labute approximate surface area is 124 Å². The molecule has 0 atom stereocenters. The number of hydrogen-bond donors (Lipinski definition) is 0. The van der Waals surface area contributed by atoms with Crippen LogP contribution in [0, 0.1) is 0 Å². The van der Waals surface area contributed by atoms with Crippen LogP contribution in [0.15, 0.2) is 42.5 Å². The highest BCUT2D eigenvalue weighted by molar-refractivity contribution is 6.32. The van der Waals surface area contributed by atoms with Crippen molar-refractivity contribution in [2.24, 2.45) is 0 Å². The first kappa shape index (κ1) is 14.6. The average Bonchev–Trinajstić information content (AvgIpc) is 2.41. The van der Waals surface area contributed by atoms with Crippen LogP contribution in [0.25, 0.3) is 11.1 Å². The Hall–Kier alpha value is -1.80. The molecule has 0 aliphatic rings. The van der Waals surface area contributed by atoms with Gasteiger partial charge in [-0.1, -0.05) is 41.9 Å². The molecule has 0 bridgehead atoms. The first-order valence-electron chi connectivity index (χ1n) is 6.59. The molecule has 0 fully saturated rings. The zero-order valence-electron chi connectivity index (χ0n) is 11.6. The molecule has 2 aromatic carbocycles. The maximum Gasteiger partial charge on any atom is 0.138 e. The molecule has 0 aliphatic carbocycles. The molecule has 2 nitrogen and oxygen atoms in total. The van der Waals surface area contributed by atoms with Gasteiger partial charge >= 0.3 is 0 Å². The van der Waals surface area contributed by atoms with Crippen molar-refractivity contribution in [1.82, 2.24) is 0 Å². The van der Waals surface area contributed by atoms with Gasteiger partial charge in [0.2, 0.25) is 0 Å². The van der Waals surface area contributed by atoms with E-state index in [1.807, 2.05) is 56.3 Å². The van der Waals surface area contributed by atoms with Gasteiger partial charge in [0, 0.05) is 6.42 Å². The summed E-state index contributed by atoms with van der Waals surface area (Å²) in [7, 11) is 0. The van der Waals surface area contributed by atoms with E-state index in [-0.39, 0.29) is 6.10 Å². The number of rotatable bonds is 5. The minimum atomic E-state index is 0.0919. The van der Waals surface area contributed by atoms with Gasteiger partial charge in [0.15, 0.2) is 0 Å². The van der Waals surface area contributed by atoms with E-state index in [0.717, 1.165) is 23.0 Å². The van der Waals surface area contributed by atoms with Gasteiger partial charge in [-0.3, -0.25) is 0 Å². The summed E-state index contributed by atoms with van der Waals surface area (Å²) in [5, 5.41) is 0.594. The van der Waals surface area contributed by atoms with Crippen LogP contribution in [0.5, 0.6) is 5.75 Å². The number of hydrogen-bond acceptors (Lipinski definition) is 2. The fourth-order valence-corrected chi connectivity index (χ4v) is 2.23. The summed E-state index contributed by atoms with van der Waals surface area (Å²) in [5.41, 5.74) is 3.05. The summed E-state index contributed by atoms with van der Waals surface area (Å²) in [4.78, 5) is 10.6. The molecule has 0 saturated heterocycles. The van der Waals surface area contributed by atoms with Crippen LogP contribution in [-0.4, -0.2) is 12.4 Å². The van der Waals surface area contributed by atoms with Crippen molar-refractivity contribution in [2.75, 3.05) is 0 Å². The lowest BCUT2D eigenvalue weighted by molar-refractivity contribution is -0.107. The average molecular weight is 289 g/mol. The molecule has 0 aliphatic heterocycles. The maximum absolute atomic E-state index is 10.6. The fourth-order valence-electron chi connectivity index (χ4n) is 2.00. The zero-order valence-corrected chi connectivity index (χ0v) is 12.4. The Morgan fingerprint density at radius 1 is 1.15 bits per heavy atom. The van der Waals surface area contributed by atoms with Crippen molar-refractivity contribution in [3.63, 3.8) is 0 Å². The standard InChI is InChI=1S/C17H17ClO2/c1-12(2)20-17-7-6-15(11-16(17)18)14-5-3-4-13(10-14)8-9-19/h3-7,9-12H,8H2,1-2H3. The number of aldehydes is 1. The molecule has 0 heterocycles. The van der Waals surface area contributed by atoms with E-state index in [1.165, 1.54) is 0 Å². The number of carbonyl (C=O) groups is 1. The smallest absolute Gasteiger partial charge is 0.138 e. The molecule has 0 saturated carbocycles. The van der Waals surface area contributed by atoms with Gasteiger partial charge in [-0.15, -0.1) is 0 Å². The maximum atomic E-state index is 10.6. The van der Waals surface area contributed by atoms with Crippen molar-refractivity contribution >= 4 is 17.9 Å². The molecular formula is C17H17ClO2. The van der Waals surface area contributed by atoms with E-state index in [9.17, 15) is 4.79 Å². The molecule has 20 heavy (non-hydrogen) atoms. The highest BCUT2D eigenvalue weighted by atomic mass is 35.5. The highest BCUT2D eigenvalue weighted by Crippen LogP contribution is 2.31. The van der Waals surface area contributed by atoms with Gasteiger partial charge in [0.1, 0.15) is 12.0 Å². The molecule has 0 amide bonds. The first-order chi connectivity index (χ1) is 9.60. The molecule has 104 valence electrons. The molecule has 0 radical (unpaired) electrons. The van der Waals surface area contributed by atoms with Crippen LogP contribution in [0.2, 0.25) is 5.02 Å². The first-order valence-corrected chi connectivity index (χ1v) is 6.97. The van der Waals surface area contributed by atoms with E-state index in [2.05, 4.69) is 0 Å². The Kier molecular flexibility index (Phi) is 4.80. The Morgan fingerprint density at radius 2 is 1.90 bits per heavy atom. The largest absolute Gasteiger partial charge is 0.489 e. The van der Waals surface area contributed by atoms with Gasteiger partial charge in [-0.05, 0) is 42.7 Å². The Bertz CT molecular complexity index is 606.